The third-order valence-electron chi connectivity index (χ3n) is 4.68. The van der Waals surface area contributed by atoms with Gasteiger partial charge in [0.1, 0.15) is 11.7 Å². The molecule has 2 atom stereocenters. The topological polar surface area (TPSA) is 93.7 Å². The Morgan fingerprint density at radius 2 is 2.22 bits per heavy atom. The van der Waals surface area contributed by atoms with Crippen LogP contribution in [0.5, 0.6) is 5.88 Å². The van der Waals surface area contributed by atoms with Gasteiger partial charge >= 0.3 is 0 Å². The molecule has 0 bridgehead atoms. The number of anilines is 1. The number of rotatable bonds is 4. The summed E-state index contributed by atoms with van der Waals surface area (Å²) in [6, 6.07) is 1.56. The minimum Gasteiger partial charge on any atom is -0.479 e. The van der Waals surface area contributed by atoms with Crippen molar-refractivity contribution in [3.05, 3.63) is 37.1 Å². The van der Waals surface area contributed by atoms with Gasteiger partial charge in [-0.15, -0.1) is 5.10 Å². The van der Waals surface area contributed by atoms with Crippen LogP contribution >= 0.6 is 0 Å². The number of fused-ring (bicyclic) bond motifs is 2. The molecule has 0 aromatic carbocycles. The average molecular weight is 368 g/mol. The van der Waals surface area contributed by atoms with Gasteiger partial charge in [-0.1, -0.05) is 0 Å². The number of halogens is 1. The molecule has 5 heterocycles. The van der Waals surface area contributed by atoms with Crippen LogP contribution in [0.15, 0.2) is 37.1 Å². The fourth-order valence-corrected chi connectivity index (χ4v) is 3.34. The van der Waals surface area contributed by atoms with Crippen LogP contribution in [0.2, 0.25) is 0 Å². The monoisotopic (exact) mass is 368 g/mol. The number of methoxy groups -OCH3 is 1. The summed E-state index contributed by atoms with van der Waals surface area (Å²) < 4.78 is 22.9. The van der Waals surface area contributed by atoms with Gasteiger partial charge in [-0.05, 0) is 6.07 Å². The first-order valence-electron chi connectivity index (χ1n) is 8.57. The SMILES string of the molecule is COc1nc(N[C@@H]2CNC[C@@H]2F)nn2ccc(-c3cnc4nccn4c3)c12. The number of nitrogens with one attached hydrogen (secondary N) is 2. The molecule has 10 heteroatoms. The predicted octanol–water partition coefficient (Wildman–Crippen LogP) is 1.17. The van der Waals surface area contributed by atoms with Gasteiger partial charge in [0.2, 0.25) is 17.6 Å². The van der Waals surface area contributed by atoms with E-state index in [-0.39, 0.29) is 6.04 Å². The van der Waals surface area contributed by atoms with Crippen molar-refractivity contribution in [2.24, 2.45) is 0 Å². The zero-order valence-corrected chi connectivity index (χ0v) is 14.5. The standard InChI is InChI=1S/C17H17FN8O/c1-27-15-14-11(10-6-21-17-20-3-5-25(17)9-10)2-4-26(14)24-16(23-15)22-13-8-19-7-12(13)18/h2-6,9,12-13,19H,7-8H2,1H3,(H,22,24)/t12-,13+/m0/s1. The zero-order valence-electron chi connectivity index (χ0n) is 14.5. The Labute approximate surface area is 153 Å². The fourth-order valence-electron chi connectivity index (χ4n) is 3.34. The maximum atomic E-state index is 13.9. The Hall–Kier alpha value is -3.27. The Morgan fingerprint density at radius 1 is 1.30 bits per heavy atom. The van der Waals surface area contributed by atoms with E-state index in [1.54, 1.807) is 24.0 Å². The van der Waals surface area contributed by atoms with Gasteiger partial charge in [0.15, 0.2) is 0 Å². The molecule has 0 saturated carbocycles. The summed E-state index contributed by atoms with van der Waals surface area (Å²) >= 11 is 0. The van der Waals surface area contributed by atoms with Crippen LogP contribution in [-0.2, 0) is 0 Å². The number of aromatic nitrogens is 6. The van der Waals surface area contributed by atoms with Gasteiger partial charge in [0.05, 0.1) is 13.2 Å². The second kappa shape index (κ2) is 6.16. The lowest BCUT2D eigenvalue weighted by Crippen LogP contribution is -2.30. The summed E-state index contributed by atoms with van der Waals surface area (Å²) in [6.45, 7) is 0.854. The summed E-state index contributed by atoms with van der Waals surface area (Å²) in [5.74, 6) is 1.35. The van der Waals surface area contributed by atoms with Crippen LogP contribution < -0.4 is 15.4 Å². The normalized spacial score (nSPS) is 19.8. The molecular weight excluding hydrogens is 351 g/mol. The molecular formula is C17H17FN8O. The van der Waals surface area contributed by atoms with Gasteiger partial charge in [0.25, 0.3) is 0 Å². The third kappa shape index (κ3) is 2.65. The van der Waals surface area contributed by atoms with Crippen molar-refractivity contribution in [2.75, 3.05) is 25.5 Å². The number of alkyl halides is 1. The summed E-state index contributed by atoms with van der Waals surface area (Å²) in [7, 11) is 1.55. The Bertz CT molecular complexity index is 1120. The molecule has 9 nitrogen and oxygen atoms in total. The highest BCUT2D eigenvalue weighted by Crippen LogP contribution is 2.31. The molecule has 27 heavy (non-hydrogen) atoms. The maximum absolute atomic E-state index is 13.9. The molecule has 4 aromatic rings. The summed E-state index contributed by atoms with van der Waals surface area (Å²) in [6.07, 6.45) is 8.06. The molecule has 2 N–H and O–H groups in total. The largest absolute Gasteiger partial charge is 0.479 e. The molecule has 0 amide bonds. The highest BCUT2D eigenvalue weighted by molar-refractivity contribution is 5.84. The van der Waals surface area contributed by atoms with Crippen LogP contribution in [0.25, 0.3) is 22.4 Å². The molecule has 1 aliphatic heterocycles. The van der Waals surface area contributed by atoms with Gasteiger partial charge < -0.3 is 15.4 Å². The number of hydrogen-bond donors (Lipinski definition) is 2. The second-order valence-electron chi connectivity index (χ2n) is 6.37. The van der Waals surface area contributed by atoms with E-state index in [1.165, 1.54) is 0 Å². The molecule has 5 rings (SSSR count). The lowest BCUT2D eigenvalue weighted by Gasteiger charge is -2.15. The van der Waals surface area contributed by atoms with Gasteiger partial charge in [-0.2, -0.15) is 4.98 Å². The van der Waals surface area contributed by atoms with E-state index < -0.39 is 6.17 Å². The van der Waals surface area contributed by atoms with Crippen LogP contribution in [0.4, 0.5) is 10.3 Å². The molecule has 138 valence electrons. The number of imidazole rings is 1. The Balaban J connectivity index is 1.58. The van der Waals surface area contributed by atoms with E-state index in [1.807, 2.05) is 29.1 Å². The minimum atomic E-state index is -0.983. The molecule has 0 aliphatic carbocycles. The number of ether oxygens (including phenoxy) is 1. The molecule has 0 unspecified atom stereocenters. The molecule has 0 spiro atoms. The number of nitrogens with zero attached hydrogens (tertiary/aromatic N) is 6. The van der Waals surface area contributed by atoms with E-state index in [4.69, 9.17) is 4.74 Å². The minimum absolute atomic E-state index is 0.320. The van der Waals surface area contributed by atoms with Crippen molar-refractivity contribution in [2.45, 2.75) is 12.2 Å². The molecule has 4 aromatic heterocycles. The number of hydrogen-bond acceptors (Lipinski definition) is 7. The van der Waals surface area contributed by atoms with E-state index in [0.717, 1.165) is 11.1 Å². The van der Waals surface area contributed by atoms with E-state index in [9.17, 15) is 4.39 Å². The Kier molecular flexibility index (Phi) is 3.64. The van der Waals surface area contributed by atoms with E-state index in [2.05, 4.69) is 30.7 Å². The highest BCUT2D eigenvalue weighted by atomic mass is 19.1. The first-order chi connectivity index (χ1) is 13.2. The zero-order chi connectivity index (χ0) is 18.4. The van der Waals surface area contributed by atoms with Crippen molar-refractivity contribution in [1.82, 2.24) is 34.3 Å². The molecule has 1 fully saturated rings. The van der Waals surface area contributed by atoms with Crippen molar-refractivity contribution in [3.63, 3.8) is 0 Å². The summed E-state index contributed by atoms with van der Waals surface area (Å²) in [4.78, 5) is 12.9. The predicted molar refractivity (Wildman–Crippen MR) is 96.7 cm³/mol. The van der Waals surface area contributed by atoms with E-state index in [0.29, 0.717) is 36.2 Å². The molecule has 0 radical (unpaired) electrons. The quantitative estimate of drug-likeness (QED) is 0.558. The maximum Gasteiger partial charge on any atom is 0.244 e. The van der Waals surface area contributed by atoms with Crippen molar-refractivity contribution < 1.29 is 9.13 Å². The van der Waals surface area contributed by atoms with E-state index >= 15 is 0 Å². The molecule has 1 saturated heterocycles. The van der Waals surface area contributed by atoms with Crippen molar-refractivity contribution >= 4 is 17.2 Å². The average Bonchev–Trinajstić information content (AvgIpc) is 3.40. The van der Waals surface area contributed by atoms with Gasteiger partial charge in [0, 0.05) is 55.2 Å². The lowest BCUT2D eigenvalue weighted by molar-refractivity contribution is 0.341. The van der Waals surface area contributed by atoms with Crippen molar-refractivity contribution in [3.8, 4) is 17.0 Å². The summed E-state index contributed by atoms with van der Waals surface area (Å²) in [5.41, 5.74) is 2.48. The summed E-state index contributed by atoms with van der Waals surface area (Å²) in [5, 5.41) is 10.5. The second-order valence-corrected chi connectivity index (χ2v) is 6.37. The van der Waals surface area contributed by atoms with Crippen LogP contribution in [0, 0.1) is 0 Å². The fraction of sp³-hybridized carbons (Fsp3) is 0.294. The Morgan fingerprint density at radius 3 is 3.04 bits per heavy atom. The first-order valence-corrected chi connectivity index (χ1v) is 8.57. The van der Waals surface area contributed by atoms with Gasteiger partial charge in [-0.25, -0.2) is 18.9 Å². The smallest absolute Gasteiger partial charge is 0.244 e. The van der Waals surface area contributed by atoms with Crippen LogP contribution in [-0.4, -0.2) is 61.4 Å². The lowest BCUT2D eigenvalue weighted by atomic mass is 10.1. The van der Waals surface area contributed by atoms with Crippen molar-refractivity contribution in [1.29, 1.82) is 0 Å². The molecule has 1 aliphatic rings. The highest BCUT2D eigenvalue weighted by Gasteiger charge is 2.27. The third-order valence-corrected chi connectivity index (χ3v) is 4.68. The first kappa shape index (κ1) is 15.9. The van der Waals surface area contributed by atoms with Crippen LogP contribution in [0.3, 0.4) is 0 Å². The van der Waals surface area contributed by atoms with Crippen LogP contribution in [0.1, 0.15) is 0 Å². The van der Waals surface area contributed by atoms with Gasteiger partial charge in [-0.3, -0.25) is 4.40 Å².